The van der Waals surface area contributed by atoms with Gasteiger partial charge in [0.05, 0.1) is 0 Å². The first-order valence-corrected chi connectivity index (χ1v) is 3.88. The first-order valence-electron chi connectivity index (χ1n) is 3.88. The average Bonchev–Trinajstić information content (AvgIpc) is 2.54. The Morgan fingerprint density at radius 1 is 1.33 bits per heavy atom. The second-order valence-electron chi connectivity index (χ2n) is 2.68. The van der Waals surface area contributed by atoms with Gasteiger partial charge in [-0.2, -0.15) is 0 Å². The molecule has 1 aliphatic rings. The summed E-state index contributed by atoms with van der Waals surface area (Å²) in [5.74, 6) is 0.656. The van der Waals surface area contributed by atoms with E-state index >= 15 is 0 Å². The lowest BCUT2D eigenvalue weighted by Gasteiger charge is -1.98. The Labute approximate surface area is 70.9 Å². The maximum atomic E-state index is 5.55. The van der Waals surface area contributed by atoms with Crippen LogP contribution in [-0.4, -0.2) is 18.7 Å². The van der Waals surface area contributed by atoms with Crippen molar-refractivity contribution in [2.24, 2.45) is 10.7 Å². The minimum atomic E-state index is -0.194. The molecule has 1 aromatic rings. The first kappa shape index (κ1) is 7.31. The van der Waals surface area contributed by atoms with Gasteiger partial charge in [-0.3, -0.25) is 0 Å². The largest absolute Gasteiger partial charge is 0.474 e. The summed E-state index contributed by atoms with van der Waals surface area (Å²) in [4.78, 5) is 4.13. The lowest BCUT2D eigenvalue weighted by molar-refractivity contribution is 0.320. The van der Waals surface area contributed by atoms with E-state index in [-0.39, 0.29) is 6.17 Å². The average molecular weight is 162 g/mol. The van der Waals surface area contributed by atoms with Crippen LogP contribution in [0.15, 0.2) is 35.3 Å². The van der Waals surface area contributed by atoms with Crippen LogP contribution in [-0.2, 0) is 4.74 Å². The van der Waals surface area contributed by atoms with Gasteiger partial charge in [-0.1, -0.05) is 18.2 Å². The minimum absolute atomic E-state index is 0.194. The Morgan fingerprint density at radius 3 is 2.67 bits per heavy atom. The van der Waals surface area contributed by atoms with Crippen LogP contribution in [0.1, 0.15) is 5.56 Å². The normalized spacial score (nSPS) is 21.8. The van der Waals surface area contributed by atoms with E-state index < -0.39 is 0 Å². The monoisotopic (exact) mass is 162 g/mol. The van der Waals surface area contributed by atoms with E-state index in [1.165, 1.54) is 0 Å². The fraction of sp³-hybridized carbons (Fsp3) is 0.222. The van der Waals surface area contributed by atoms with Crippen molar-refractivity contribution in [1.82, 2.24) is 0 Å². The van der Waals surface area contributed by atoms with E-state index in [1.54, 1.807) is 0 Å². The van der Waals surface area contributed by atoms with Crippen molar-refractivity contribution < 1.29 is 4.74 Å². The number of nitrogens with zero attached hydrogens (tertiary/aromatic N) is 1. The van der Waals surface area contributed by atoms with E-state index in [2.05, 4.69) is 4.99 Å². The number of hydrogen-bond donors (Lipinski definition) is 1. The highest BCUT2D eigenvalue weighted by Crippen LogP contribution is 2.08. The van der Waals surface area contributed by atoms with Crippen LogP contribution < -0.4 is 5.73 Å². The molecular formula is C9H10N2O. The Morgan fingerprint density at radius 2 is 2.08 bits per heavy atom. The van der Waals surface area contributed by atoms with Crippen molar-refractivity contribution >= 4 is 5.90 Å². The molecule has 2 rings (SSSR count). The fourth-order valence-corrected chi connectivity index (χ4v) is 1.13. The van der Waals surface area contributed by atoms with Crippen molar-refractivity contribution in [3.8, 4) is 0 Å². The van der Waals surface area contributed by atoms with Gasteiger partial charge in [0.1, 0.15) is 12.8 Å². The van der Waals surface area contributed by atoms with E-state index in [0.717, 1.165) is 5.56 Å². The van der Waals surface area contributed by atoms with E-state index in [0.29, 0.717) is 12.5 Å². The smallest absolute Gasteiger partial charge is 0.217 e. The van der Waals surface area contributed by atoms with Gasteiger partial charge in [-0.05, 0) is 12.1 Å². The number of rotatable bonds is 1. The van der Waals surface area contributed by atoms with Gasteiger partial charge in [0.15, 0.2) is 0 Å². The zero-order chi connectivity index (χ0) is 8.39. The Hall–Kier alpha value is -1.35. The molecule has 1 aromatic carbocycles. The molecule has 0 spiro atoms. The maximum Gasteiger partial charge on any atom is 0.217 e. The van der Waals surface area contributed by atoms with Gasteiger partial charge >= 0.3 is 0 Å². The summed E-state index contributed by atoms with van der Waals surface area (Å²) < 4.78 is 5.28. The van der Waals surface area contributed by atoms with Crippen LogP contribution in [0.5, 0.6) is 0 Å². The lowest BCUT2D eigenvalue weighted by atomic mass is 10.2. The van der Waals surface area contributed by atoms with Gasteiger partial charge in [0, 0.05) is 5.56 Å². The van der Waals surface area contributed by atoms with Gasteiger partial charge in [-0.25, -0.2) is 4.99 Å². The third-order valence-corrected chi connectivity index (χ3v) is 1.69. The third kappa shape index (κ3) is 1.31. The highest BCUT2D eigenvalue weighted by Gasteiger charge is 2.15. The summed E-state index contributed by atoms with van der Waals surface area (Å²) in [7, 11) is 0. The quantitative estimate of drug-likeness (QED) is 0.662. The third-order valence-electron chi connectivity index (χ3n) is 1.69. The molecule has 0 bridgehead atoms. The van der Waals surface area contributed by atoms with Crippen molar-refractivity contribution in [2.75, 3.05) is 6.61 Å². The lowest BCUT2D eigenvalue weighted by Crippen LogP contribution is -2.17. The van der Waals surface area contributed by atoms with Crippen LogP contribution in [0.2, 0.25) is 0 Å². The molecule has 0 saturated heterocycles. The summed E-state index contributed by atoms with van der Waals surface area (Å²) >= 11 is 0. The predicted molar refractivity (Wildman–Crippen MR) is 46.9 cm³/mol. The molecule has 1 atom stereocenters. The summed E-state index contributed by atoms with van der Waals surface area (Å²) in [6, 6.07) is 9.77. The number of benzene rings is 1. The first-order chi connectivity index (χ1) is 5.86. The Balaban J connectivity index is 2.27. The minimum Gasteiger partial charge on any atom is -0.474 e. The molecule has 0 aromatic heterocycles. The molecule has 3 heteroatoms. The summed E-state index contributed by atoms with van der Waals surface area (Å²) in [6.07, 6.45) is -0.194. The molecule has 3 nitrogen and oxygen atoms in total. The maximum absolute atomic E-state index is 5.55. The molecule has 0 aliphatic carbocycles. The van der Waals surface area contributed by atoms with E-state index in [9.17, 15) is 0 Å². The number of ether oxygens (including phenoxy) is 1. The zero-order valence-electron chi connectivity index (χ0n) is 6.60. The molecule has 2 N–H and O–H groups in total. The van der Waals surface area contributed by atoms with E-state index in [4.69, 9.17) is 10.5 Å². The molecule has 1 aliphatic heterocycles. The number of hydrogen-bond acceptors (Lipinski definition) is 3. The van der Waals surface area contributed by atoms with Crippen LogP contribution in [0, 0.1) is 0 Å². The molecule has 0 fully saturated rings. The standard InChI is InChI=1S/C9H10N2O/c10-8-6-12-9(11-8)7-4-2-1-3-5-7/h1-5,8H,6,10H2. The van der Waals surface area contributed by atoms with Crippen molar-refractivity contribution in [3.63, 3.8) is 0 Å². The molecule has 0 amide bonds. The van der Waals surface area contributed by atoms with Crippen LogP contribution in [0.4, 0.5) is 0 Å². The number of aliphatic imine (C=N–C) groups is 1. The second kappa shape index (κ2) is 2.95. The highest BCUT2D eigenvalue weighted by molar-refractivity contribution is 5.95. The predicted octanol–water partition coefficient (Wildman–Crippen LogP) is 0.748. The highest BCUT2D eigenvalue weighted by atomic mass is 16.5. The fourth-order valence-electron chi connectivity index (χ4n) is 1.13. The molecular weight excluding hydrogens is 152 g/mol. The zero-order valence-corrected chi connectivity index (χ0v) is 6.60. The van der Waals surface area contributed by atoms with E-state index in [1.807, 2.05) is 30.3 Å². The van der Waals surface area contributed by atoms with Gasteiger partial charge in [0.2, 0.25) is 5.90 Å². The van der Waals surface area contributed by atoms with Gasteiger partial charge in [0.25, 0.3) is 0 Å². The van der Waals surface area contributed by atoms with Crippen LogP contribution in [0.3, 0.4) is 0 Å². The van der Waals surface area contributed by atoms with Crippen molar-refractivity contribution in [1.29, 1.82) is 0 Å². The van der Waals surface area contributed by atoms with Crippen LogP contribution >= 0.6 is 0 Å². The van der Waals surface area contributed by atoms with Gasteiger partial charge < -0.3 is 10.5 Å². The Bertz CT molecular complexity index is 295. The summed E-state index contributed by atoms with van der Waals surface area (Å²) in [5, 5.41) is 0. The topological polar surface area (TPSA) is 47.6 Å². The van der Waals surface area contributed by atoms with Crippen LogP contribution in [0.25, 0.3) is 0 Å². The molecule has 0 radical (unpaired) electrons. The van der Waals surface area contributed by atoms with Crippen molar-refractivity contribution in [3.05, 3.63) is 35.9 Å². The molecule has 12 heavy (non-hydrogen) atoms. The second-order valence-corrected chi connectivity index (χ2v) is 2.68. The molecule has 0 saturated carbocycles. The van der Waals surface area contributed by atoms with Crippen molar-refractivity contribution in [2.45, 2.75) is 6.17 Å². The number of nitrogens with two attached hydrogens (primary N) is 1. The summed E-state index contributed by atoms with van der Waals surface area (Å²) in [5.41, 5.74) is 6.54. The molecule has 1 heterocycles. The summed E-state index contributed by atoms with van der Waals surface area (Å²) in [6.45, 7) is 0.490. The SMILES string of the molecule is NC1COC(c2ccccc2)=N1. The van der Waals surface area contributed by atoms with Gasteiger partial charge in [-0.15, -0.1) is 0 Å². The molecule has 1 unspecified atom stereocenters. The Kier molecular flexibility index (Phi) is 1.80. The molecule has 62 valence electrons.